The lowest BCUT2D eigenvalue weighted by Crippen LogP contribution is -2.05. The van der Waals surface area contributed by atoms with Crippen molar-refractivity contribution in [3.8, 4) is 0 Å². The Morgan fingerprint density at radius 1 is 0.950 bits per heavy atom. The molecule has 0 heterocycles. The van der Waals surface area contributed by atoms with E-state index in [1.54, 1.807) is 0 Å². The first-order chi connectivity index (χ1) is 9.63. The first kappa shape index (κ1) is 14.5. The molecule has 0 amide bonds. The number of carbonyl (C=O) groups excluding carboxylic acids is 1. The zero-order valence-corrected chi connectivity index (χ0v) is 13.0. The topological polar surface area (TPSA) is 26.3 Å². The van der Waals surface area contributed by atoms with Crippen molar-refractivity contribution in [2.75, 3.05) is 7.11 Å². The van der Waals surface area contributed by atoms with E-state index in [1.165, 1.54) is 7.11 Å². The van der Waals surface area contributed by atoms with Gasteiger partial charge in [-0.25, -0.2) is 4.79 Å². The third-order valence-electron chi connectivity index (χ3n) is 2.98. The summed E-state index contributed by atoms with van der Waals surface area (Å²) in [5, 5.41) is 0. The van der Waals surface area contributed by atoms with E-state index in [0.29, 0.717) is 5.57 Å². The third-order valence-corrected chi connectivity index (χ3v) is 3.83. The molecule has 0 N–H and O–H groups in total. The summed E-state index contributed by atoms with van der Waals surface area (Å²) in [6.45, 7) is 2.01. The van der Waals surface area contributed by atoms with Crippen molar-refractivity contribution in [1.29, 1.82) is 0 Å². The van der Waals surface area contributed by atoms with Gasteiger partial charge < -0.3 is 4.74 Å². The number of esters is 1. The van der Waals surface area contributed by atoms with Crippen molar-refractivity contribution < 1.29 is 9.53 Å². The van der Waals surface area contributed by atoms with E-state index < -0.39 is 0 Å². The standard InChI is InChI=1S/C17H15BrO2/c1-12-8-10-13(11-9-12)15(17(19)20-2)16(18)14-6-4-3-5-7-14/h3-11H,1-2H3/b16-15+. The zero-order chi connectivity index (χ0) is 14.5. The molecule has 0 saturated carbocycles. The van der Waals surface area contributed by atoms with Gasteiger partial charge in [0.05, 0.1) is 12.7 Å². The van der Waals surface area contributed by atoms with Gasteiger partial charge in [0.25, 0.3) is 0 Å². The summed E-state index contributed by atoms with van der Waals surface area (Å²) in [6.07, 6.45) is 0. The highest BCUT2D eigenvalue weighted by molar-refractivity contribution is 9.15. The largest absolute Gasteiger partial charge is 0.465 e. The van der Waals surface area contributed by atoms with Crippen LogP contribution in [0.15, 0.2) is 54.6 Å². The number of halogens is 1. The molecule has 0 aliphatic rings. The number of hydrogen-bond donors (Lipinski definition) is 0. The summed E-state index contributed by atoms with van der Waals surface area (Å²) in [5.41, 5.74) is 3.44. The van der Waals surface area contributed by atoms with Gasteiger partial charge in [0, 0.05) is 4.48 Å². The van der Waals surface area contributed by atoms with Gasteiger partial charge in [0.15, 0.2) is 0 Å². The number of carbonyl (C=O) groups is 1. The fourth-order valence-electron chi connectivity index (χ4n) is 1.89. The quantitative estimate of drug-likeness (QED) is 0.472. The Hall–Kier alpha value is -1.87. The van der Waals surface area contributed by atoms with Crippen LogP contribution in [0.5, 0.6) is 0 Å². The van der Waals surface area contributed by atoms with Gasteiger partial charge in [-0.05, 0) is 34.0 Å². The predicted octanol–water partition coefficient (Wildman–Crippen LogP) is 4.43. The first-order valence-corrected chi connectivity index (χ1v) is 7.03. The van der Waals surface area contributed by atoms with Crippen LogP contribution in [0.25, 0.3) is 10.1 Å². The molecule has 0 aliphatic heterocycles. The van der Waals surface area contributed by atoms with E-state index in [0.717, 1.165) is 21.2 Å². The minimum Gasteiger partial charge on any atom is -0.465 e. The van der Waals surface area contributed by atoms with Crippen molar-refractivity contribution in [1.82, 2.24) is 0 Å². The average molecular weight is 331 g/mol. The molecule has 0 aliphatic carbocycles. The molecule has 2 nitrogen and oxygen atoms in total. The molecular weight excluding hydrogens is 316 g/mol. The minimum atomic E-state index is -0.357. The van der Waals surface area contributed by atoms with E-state index in [-0.39, 0.29) is 5.97 Å². The lowest BCUT2D eigenvalue weighted by atomic mass is 10.0. The maximum absolute atomic E-state index is 12.1. The molecule has 0 radical (unpaired) electrons. The highest BCUT2D eigenvalue weighted by Gasteiger charge is 2.17. The Labute approximate surface area is 127 Å². The monoisotopic (exact) mass is 330 g/mol. The minimum absolute atomic E-state index is 0.357. The van der Waals surface area contributed by atoms with Gasteiger partial charge in [-0.2, -0.15) is 0 Å². The summed E-state index contributed by atoms with van der Waals surface area (Å²) in [6, 6.07) is 17.5. The van der Waals surface area contributed by atoms with Crippen molar-refractivity contribution in [2.45, 2.75) is 6.92 Å². The molecule has 2 rings (SSSR count). The van der Waals surface area contributed by atoms with Gasteiger partial charge in [-0.15, -0.1) is 0 Å². The fraction of sp³-hybridized carbons (Fsp3) is 0.118. The Bertz CT molecular complexity index is 628. The lowest BCUT2D eigenvalue weighted by Gasteiger charge is -2.10. The molecule has 0 unspecified atom stereocenters. The van der Waals surface area contributed by atoms with E-state index in [2.05, 4.69) is 15.9 Å². The summed E-state index contributed by atoms with van der Waals surface area (Å²) >= 11 is 3.53. The van der Waals surface area contributed by atoms with Crippen LogP contribution in [0, 0.1) is 6.92 Å². The average Bonchev–Trinajstić information content (AvgIpc) is 2.50. The van der Waals surface area contributed by atoms with Crippen LogP contribution in [-0.2, 0) is 9.53 Å². The number of methoxy groups -OCH3 is 1. The normalized spacial score (nSPS) is 11.8. The van der Waals surface area contributed by atoms with Crippen LogP contribution < -0.4 is 0 Å². The van der Waals surface area contributed by atoms with E-state index >= 15 is 0 Å². The zero-order valence-electron chi connectivity index (χ0n) is 11.4. The first-order valence-electron chi connectivity index (χ1n) is 6.24. The van der Waals surface area contributed by atoms with Gasteiger partial charge in [-0.3, -0.25) is 0 Å². The number of hydrogen-bond acceptors (Lipinski definition) is 2. The molecule has 2 aromatic rings. The van der Waals surface area contributed by atoms with E-state index in [4.69, 9.17) is 4.74 Å². The molecule has 0 bridgehead atoms. The van der Waals surface area contributed by atoms with Crippen LogP contribution >= 0.6 is 15.9 Å². The fourth-order valence-corrected chi connectivity index (χ4v) is 2.54. The molecule has 0 spiro atoms. The summed E-state index contributed by atoms with van der Waals surface area (Å²) in [5.74, 6) is -0.357. The molecule has 102 valence electrons. The molecule has 0 saturated heterocycles. The van der Waals surface area contributed by atoms with Gasteiger partial charge >= 0.3 is 5.97 Å². The van der Waals surface area contributed by atoms with Gasteiger partial charge in [0.2, 0.25) is 0 Å². The van der Waals surface area contributed by atoms with Crippen molar-refractivity contribution in [2.24, 2.45) is 0 Å². The Morgan fingerprint density at radius 2 is 1.55 bits per heavy atom. The molecule has 2 aromatic carbocycles. The second-order valence-corrected chi connectivity index (χ2v) is 5.21. The molecule has 0 fully saturated rings. The van der Waals surface area contributed by atoms with Crippen LogP contribution in [0.2, 0.25) is 0 Å². The number of ether oxygens (including phenoxy) is 1. The van der Waals surface area contributed by atoms with Crippen LogP contribution in [0.3, 0.4) is 0 Å². The summed E-state index contributed by atoms with van der Waals surface area (Å²) < 4.78 is 5.64. The van der Waals surface area contributed by atoms with Gasteiger partial charge in [-0.1, -0.05) is 60.2 Å². The Morgan fingerprint density at radius 3 is 2.10 bits per heavy atom. The molecule has 0 aromatic heterocycles. The summed E-state index contributed by atoms with van der Waals surface area (Å²) in [7, 11) is 1.39. The molecular formula is C17H15BrO2. The SMILES string of the molecule is COC(=O)/C(=C(/Br)c1ccccc1)c1ccc(C)cc1. The smallest absolute Gasteiger partial charge is 0.339 e. The summed E-state index contributed by atoms with van der Waals surface area (Å²) in [4.78, 5) is 12.1. The van der Waals surface area contributed by atoms with Crippen LogP contribution in [0.1, 0.15) is 16.7 Å². The maximum atomic E-state index is 12.1. The highest BCUT2D eigenvalue weighted by atomic mass is 79.9. The van der Waals surface area contributed by atoms with Crippen molar-refractivity contribution in [3.05, 3.63) is 71.3 Å². The van der Waals surface area contributed by atoms with E-state index in [9.17, 15) is 4.79 Å². The maximum Gasteiger partial charge on any atom is 0.339 e. The lowest BCUT2D eigenvalue weighted by molar-refractivity contribution is -0.133. The molecule has 3 heteroatoms. The Balaban J connectivity index is 2.58. The van der Waals surface area contributed by atoms with Crippen LogP contribution in [0.4, 0.5) is 0 Å². The van der Waals surface area contributed by atoms with Gasteiger partial charge in [0.1, 0.15) is 0 Å². The second-order valence-electron chi connectivity index (χ2n) is 4.41. The number of aryl methyl sites for hydroxylation is 1. The van der Waals surface area contributed by atoms with Crippen molar-refractivity contribution >= 4 is 32.0 Å². The second kappa shape index (κ2) is 6.53. The number of benzene rings is 2. The highest BCUT2D eigenvalue weighted by Crippen LogP contribution is 2.32. The Kier molecular flexibility index (Phi) is 4.74. The predicted molar refractivity (Wildman–Crippen MR) is 85.4 cm³/mol. The molecule has 20 heavy (non-hydrogen) atoms. The van der Waals surface area contributed by atoms with E-state index in [1.807, 2.05) is 61.5 Å². The number of rotatable bonds is 3. The van der Waals surface area contributed by atoms with Crippen LogP contribution in [-0.4, -0.2) is 13.1 Å². The molecule has 0 atom stereocenters. The third kappa shape index (κ3) is 3.17. The van der Waals surface area contributed by atoms with Crippen molar-refractivity contribution in [3.63, 3.8) is 0 Å².